The van der Waals surface area contributed by atoms with Crippen LogP contribution in [-0.2, 0) is 0 Å². The van der Waals surface area contributed by atoms with Crippen LogP contribution < -0.4 is 4.74 Å². The van der Waals surface area contributed by atoms with Crippen LogP contribution in [0.5, 0.6) is 5.75 Å². The molecule has 1 aliphatic rings. The van der Waals surface area contributed by atoms with Crippen LogP contribution in [0.4, 0.5) is 0 Å². The molecule has 0 bridgehead atoms. The monoisotopic (exact) mass is 228 g/mol. The molecule has 1 aromatic heterocycles. The lowest BCUT2D eigenvalue weighted by Crippen LogP contribution is -2.19. The molecular formula is C13H8O4. The van der Waals surface area contributed by atoms with Crippen molar-refractivity contribution < 1.29 is 18.7 Å². The molecule has 1 aromatic carbocycles. The Hall–Kier alpha value is -2.36. The van der Waals surface area contributed by atoms with E-state index in [2.05, 4.69) is 0 Å². The molecule has 0 saturated heterocycles. The van der Waals surface area contributed by atoms with Crippen LogP contribution in [-0.4, -0.2) is 18.7 Å². The molecule has 0 aliphatic heterocycles. The van der Waals surface area contributed by atoms with Gasteiger partial charge in [0.1, 0.15) is 5.75 Å². The third-order valence-corrected chi connectivity index (χ3v) is 2.83. The second-order valence-corrected chi connectivity index (χ2v) is 3.73. The molecule has 84 valence electrons. The molecule has 17 heavy (non-hydrogen) atoms. The lowest BCUT2D eigenvalue weighted by molar-refractivity contribution is 0.0960. The summed E-state index contributed by atoms with van der Waals surface area (Å²) in [6, 6.07) is 6.32. The minimum atomic E-state index is -0.262. The van der Waals surface area contributed by atoms with Crippen molar-refractivity contribution in [3.63, 3.8) is 0 Å². The van der Waals surface area contributed by atoms with Crippen molar-refractivity contribution in [1.29, 1.82) is 0 Å². The van der Waals surface area contributed by atoms with E-state index in [1.165, 1.54) is 19.4 Å². The Balaban J connectivity index is 2.27. The van der Waals surface area contributed by atoms with Crippen LogP contribution in [0.3, 0.4) is 0 Å². The van der Waals surface area contributed by atoms with Crippen molar-refractivity contribution in [1.82, 2.24) is 0 Å². The van der Waals surface area contributed by atoms with Crippen LogP contribution in [0.25, 0.3) is 0 Å². The number of furan rings is 1. The lowest BCUT2D eigenvalue weighted by Gasteiger charge is -2.13. The van der Waals surface area contributed by atoms with Gasteiger partial charge in [0.15, 0.2) is 11.5 Å². The normalized spacial score (nSPS) is 13.2. The van der Waals surface area contributed by atoms with Crippen LogP contribution in [0.1, 0.15) is 32.0 Å². The Morgan fingerprint density at radius 3 is 2.59 bits per heavy atom. The fourth-order valence-corrected chi connectivity index (χ4v) is 1.97. The Kier molecular flexibility index (Phi) is 1.92. The summed E-state index contributed by atoms with van der Waals surface area (Å²) >= 11 is 0. The zero-order valence-corrected chi connectivity index (χ0v) is 9.02. The molecule has 1 aliphatic carbocycles. The van der Waals surface area contributed by atoms with Crippen molar-refractivity contribution >= 4 is 11.6 Å². The van der Waals surface area contributed by atoms with E-state index in [-0.39, 0.29) is 17.3 Å². The van der Waals surface area contributed by atoms with Crippen molar-refractivity contribution in [2.75, 3.05) is 7.11 Å². The van der Waals surface area contributed by atoms with Crippen molar-refractivity contribution in [2.24, 2.45) is 0 Å². The number of hydrogen-bond donors (Lipinski definition) is 0. The minimum absolute atomic E-state index is 0.118. The van der Waals surface area contributed by atoms with Gasteiger partial charge in [0.2, 0.25) is 5.78 Å². The summed E-state index contributed by atoms with van der Waals surface area (Å²) < 4.78 is 10.1. The number of ketones is 2. The van der Waals surface area contributed by atoms with Gasteiger partial charge in [0.25, 0.3) is 0 Å². The van der Waals surface area contributed by atoms with E-state index in [1.54, 1.807) is 18.2 Å². The number of rotatable bonds is 1. The standard InChI is InChI=1S/C13H8O4/c1-16-7-2-3-8-10(6-7)11(14)9-4-5-17-13(9)12(8)15/h2-6H,1H3. The highest BCUT2D eigenvalue weighted by Gasteiger charge is 2.32. The molecule has 0 radical (unpaired) electrons. The number of methoxy groups -OCH3 is 1. The number of benzene rings is 1. The van der Waals surface area contributed by atoms with E-state index < -0.39 is 0 Å². The molecule has 3 rings (SSSR count). The lowest BCUT2D eigenvalue weighted by atomic mass is 9.88. The van der Waals surface area contributed by atoms with Gasteiger partial charge in [-0.2, -0.15) is 0 Å². The summed E-state index contributed by atoms with van der Waals surface area (Å²) in [5, 5.41) is 0. The molecule has 2 aromatic rings. The maximum Gasteiger partial charge on any atom is 0.229 e. The van der Waals surface area contributed by atoms with E-state index in [0.29, 0.717) is 22.4 Å². The number of hydrogen-bond acceptors (Lipinski definition) is 4. The summed E-state index contributed by atoms with van der Waals surface area (Å²) in [5.41, 5.74) is 1.04. The van der Waals surface area contributed by atoms with Gasteiger partial charge in [-0.25, -0.2) is 0 Å². The average Bonchev–Trinajstić information content (AvgIpc) is 2.85. The zero-order chi connectivity index (χ0) is 12.0. The van der Waals surface area contributed by atoms with Gasteiger partial charge in [0.05, 0.1) is 18.9 Å². The van der Waals surface area contributed by atoms with E-state index in [0.717, 1.165) is 0 Å². The van der Waals surface area contributed by atoms with Crippen LogP contribution >= 0.6 is 0 Å². The van der Waals surface area contributed by atoms with Crippen LogP contribution in [0.2, 0.25) is 0 Å². The van der Waals surface area contributed by atoms with Crippen molar-refractivity contribution in [2.45, 2.75) is 0 Å². The van der Waals surface area contributed by atoms with E-state index in [1.807, 2.05) is 0 Å². The molecule has 0 amide bonds. The van der Waals surface area contributed by atoms with E-state index in [4.69, 9.17) is 9.15 Å². The van der Waals surface area contributed by atoms with Gasteiger partial charge in [0, 0.05) is 11.1 Å². The molecule has 1 heterocycles. The van der Waals surface area contributed by atoms with E-state index >= 15 is 0 Å². The van der Waals surface area contributed by atoms with Crippen molar-refractivity contribution in [3.8, 4) is 5.75 Å². The summed E-state index contributed by atoms with van der Waals surface area (Å²) in [6.45, 7) is 0. The number of fused-ring (bicyclic) bond motifs is 2. The van der Waals surface area contributed by atoms with Gasteiger partial charge < -0.3 is 9.15 Å². The van der Waals surface area contributed by atoms with Gasteiger partial charge in [-0.1, -0.05) is 0 Å². The predicted molar refractivity (Wildman–Crippen MR) is 58.6 cm³/mol. The SMILES string of the molecule is COc1ccc2c(c1)C(=O)c1ccoc1C2=O. The Labute approximate surface area is 96.8 Å². The zero-order valence-electron chi connectivity index (χ0n) is 9.02. The molecule has 0 spiro atoms. The minimum Gasteiger partial charge on any atom is -0.497 e. The summed E-state index contributed by atoms with van der Waals surface area (Å²) in [6.07, 6.45) is 1.35. The van der Waals surface area contributed by atoms with Gasteiger partial charge in [-0.15, -0.1) is 0 Å². The molecule has 4 nitrogen and oxygen atoms in total. The quantitative estimate of drug-likeness (QED) is 0.639. The van der Waals surface area contributed by atoms with Gasteiger partial charge in [-0.3, -0.25) is 9.59 Å². The highest BCUT2D eigenvalue weighted by Crippen LogP contribution is 2.30. The first-order valence-electron chi connectivity index (χ1n) is 5.07. The van der Waals surface area contributed by atoms with Crippen LogP contribution in [0.15, 0.2) is 34.9 Å². The second kappa shape index (κ2) is 3.31. The molecule has 4 heteroatoms. The molecular weight excluding hydrogens is 220 g/mol. The summed E-state index contributed by atoms with van der Waals surface area (Å²) in [5.74, 6) is 0.203. The number of carbonyl (C=O) groups is 2. The second-order valence-electron chi connectivity index (χ2n) is 3.73. The molecule has 0 fully saturated rings. The number of ether oxygens (including phenoxy) is 1. The topological polar surface area (TPSA) is 56.5 Å². The molecule has 0 unspecified atom stereocenters. The Bertz CT molecular complexity index is 637. The third-order valence-electron chi connectivity index (χ3n) is 2.83. The van der Waals surface area contributed by atoms with Gasteiger partial charge >= 0.3 is 0 Å². The predicted octanol–water partition coefficient (Wildman–Crippen LogP) is 2.06. The first-order valence-corrected chi connectivity index (χ1v) is 5.07. The largest absolute Gasteiger partial charge is 0.497 e. The summed E-state index contributed by atoms with van der Waals surface area (Å²) in [7, 11) is 1.51. The molecule has 0 saturated carbocycles. The third kappa shape index (κ3) is 1.24. The average molecular weight is 228 g/mol. The fraction of sp³-hybridized carbons (Fsp3) is 0.0769. The summed E-state index contributed by atoms with van der Waals surface area (Å²) in [4.78, 5) is 24.1. The Morgan fingerprint density at radius 1 is 1.00 bits per heavy atom. The maximum absolute atomic E-state index is 12.1. The number of carbonyl (C=O) groups excluding carboxylic acids is 2. The first kappa shape index (κ1) is 9.84. The highest BCUT2D eigenvalue weighted by atomic mass is 16.5. The highest BCUT2D eigenvalue weighted by molar-refractivity contribution is 6.27. The van der Waals surface area contributed by atoms with E-state index in [9.17, 15) is 9.59 Å². The smallest absolute Gasteiger partial charge is 0.229 e. The van der Waals surface area contributed by atoms with Crippen LogP contribution in [0, 0.1) is 0 Å². The molecule has 0 atom stereocenters. The maximum atomic E-state index is 12.1. The fourth-order valence-electron chi connectivity index (χ4n) is 1.97. The molecule has 0 N–H and O–H groups in total. The Morgan fingerprint density at radius 2 is 1.82 bits per heavy atom. The van der Waals surface area contributed by atoms with Gasteiger partial charge in [-0.05, 0) is 24.3 Å². The first-order chi connectivity index (χ1) is 8.22. The van der Waals surface area contributed by atoms with Crippen molar-refractivity contribution in [3.05, 3.63) is 53.0 Å².